The average molecular weight is 567 g/mol. The number of carbonyl (C=O) groups is 2. The van der Waals surface area contributed by atoms with Gasteiger partial charge in [0.05, 0.1) is 18.6 Å². The number of halogens is 2. The van der Waals surface area contributed by atoms with E-state index in [2.05, 4.69) is 24.5 Å². The number of fused-ring (bicyclic) bond motifs is 1. The highest BCUT2D eigenvalue weighted by molar-refractivity contribution is 6.35. The summed E-state index contributed by atoms with van der Waals surface area (Å²) in [5.74, 6) is -1.13. The minimum atomic E-state index is -0.722. The molecule has 8 heteroatoms. The molecule has 0 aromatic heterocycles. The molecular formula is C31H33Cl2N3O3. The number of rotatable bonds is 7. The van der Waals surface area contributed by atoms with Crippen LogP contribution in [0.1, 0.15) is 64.7 Å². The molecule has 1 aliphatic carbocycles. The molecule has 1 aliphatic heterocycles. The number of nitrogens with zero attached hydrogens (tertiary/aromatic N) is 2. The van der Waals surface area contributed by atoms with E-state index < -0.39 is 12.0 Å². The highest BCUT2D eigenvalue weighted by atomic mass is 35.5. The second kappa shape index (κ2) is 12.1. The summed E-state index contributed by atoms with van der Waals surface area (Å²) in [6.07, 6.45) is 3.64. The maximum Gasteiger partial charge on any atom is 0.254 e. The van der Waals surface area contributed by atoms with Crippen LogP contribution in [0.4, 0.5) is 0 Å². The van der Waals surface area contributed by atoms with Crippen molar-refractivity contribution in [3.8, 4) is 0 Å². The van der Waals surface area contributed by atoms with E-state index in [4.69, 9.17) is 28.0 Å². The van der Waals surface area contributed by atoms with E-state index in [1.807, 2.05) is 59.5 Å². The van der Waals surface area contributed by atoms with Gasteiger partial charge in [-0.3, -0.25) is 14.4 Å². The molecule has 3 aromatic rings. The third-order valence-corrected chi connectivity index (χ3v) is 8.55. The Balaban J connectivity index is 1.53. The first-order chi connectivity index (χ1) is 18.8. The minimum Gasteiger partial charge on any atom is -0.327 e. The Labute approximate surface area is 239 Å². The van der Waals surface area contributed by atoms with Crippen LogP contribution in [0.2, 0.25) is 10.0 Å². The maximum atomic E-state index is 14.1. The number of hydrogen-bond donors (Lipinski definition) is 1. The first-order valence-corrected chi connectivity index (χ1v) is 14.1. The standard InChI is InChI=1S/C31H33Cl2N3O3/c1-35(2)22-13-15-23(16-14-22)36-29(26-17-12-21(32)18-27(26)33)28(24-10-6-7-11-25(24)31(36)38)30(37)34-39-19-20-8-4-3-5-9-20/h3-12,17-18,22-23,28-29H,13-16,19H2,1-2H3,(H,34,37)/t22-,23-,28-,29+/m1/s1. The molecule has 1 N–H and O–H groups in total. The fourth-order valence-corrected chi connectivity index (χ4v) is 6.51. The van der Waals surface area contributed by atoms with Crippen LogP contribution in [-0.2, 0) is 16.2 Å². The van der Waals surface area contributed by atoms with Crippen molar-refractivity contribution in [1.29, 1.82) is 0 Å². The van der Waals surface area contributed by atoms with Gasteiger partial charge in [0.15, 0.2) is 0 Å². The molecule has 0 spiro atoms. The number of amides is 2. The van der Waals surface area contributed by atoms with Gasteiger partial charge in [-0.15, -0.1) is 0 Å². The van der Waals surface area contributed by atoms with Crippen molar-refractivity contribution in [3.05, 3.63) is 105 Å². The Morgan fingerprint density at radius 1 is 0.949 bits per heavy atom. The van der Waals surface area contributed by atoms with Crippen LogP contribution in [-0.4, -0.2) is 47.8 Å². The Bertz CT molecular complexity index is 1330. The second-order valence-corrected chi connectivity index (χ2v) is 11.4. The van der Waals surface area contributed by atoms with Crippen molar-refractivity contribution in [2.75, 3.05) is 14.1 Å². The van der Waals surface area contributed by atoms with Gasteiger partial charge in [-0.25, -0.2) is 5.48 Å². The SMILES string of the molecule is CN(C)[C@H]1CC[C@H](N2C(=O)c3ccccc3[C@@H](C(=O)NOCc3ccccc3)[C@@H]2c2ccc(Cl)cc2Cl)CC1. The molecule has 1 fully saturated rings. The summed E-state index contributed by atoms with van der Waals surface area (Å²) in [5.41, 5.74) is 5.52. The summed E-state index contributed by atoms with van der Waals surface area (Å²) < 4.78 is 0. The number of benzene rings is 3. The van der Waals surface area contributed by atoms with E-state index in [1.54, 1.807) is 18.2 Å². The topological polar surface area (TPSA) is 61.9 Å². The summed E-state index contributed by atoms with van der Waals surface area (Å²) >= 11 is 13.0. The Morgan fingerprint density at radius 2 is 1.64 bits per heavy atom. The summed E-state index contributed by atoms with van der Waals surface area (Å²) in [4.78, 5) is 37.9. The van der Waals surface area contributed by atoms with Crippen LogP contribution in [0.5, 0.6) is 0 Å². The van der Waals surface area contributed by atoms with E-state index in [0.29, 0.717) is 32.8 Å². The van der Waals surface area contributed by atoms with Gasteiger partial charge in [-0.2, -0.15) is 0 Å². The zero-order valence-electron chi connectivity index (χ0n) is 22.1. The Kier molecular flexibility index (Phi) is 8.57. The second-order valence-electron chi connectivity index (χ2n) is 10.6. The summed E-state index contributed by atoms with van der Waals surface area (Å²) in [6.45, 7) is 0.227. The molecule has 0 radical (unpaired) electrons. The molecule has 0 saturated heterocycles. The van der Waals surface area contributed by atoms with Gasteiger partial charge in [0, 0.05) is 27.7 Å². The fourth-order valence-electron chi connectivity index (χ4n) is 5.99. The zero-order valence-corrected chi connectivity index (χ0v) is 23.7. The Hall–Kier alpha value is -2.90. The molecule has 6 nitrogen and oxygen atoms in total. The summed E-state index contributed by atoms with van der Waals surface area (Å²) in [5, 5.41) is 0.922. The normalized spacial score (nSPS) is 23.0. The molecule has 0 unspecified atom stereocenters. The Morgan fingerprint density at radius 3 is 2.33 bits per heavy atom. The first-order valence-electron chi connectivity index (χ1n) is 13.3. The number of nitrogens with one attached hydrogen (secondary N) is 1. The number of hydrogen-bond acceptors (Lipinski definition) is 4. The van der Waals surface area contributed by atoms with E-state index >= 15 is 0 Å². The average Bonchev–Trinajstić information content (AvgIpc) is 2.94. The van der Waals surface area contributed by atoms with Crippen LogP contribution in [0.3, 0.4) is 0 Å². The van der Waals surface area contributed by atoms with E-state index in [-0.39, 0.29) is 24.5 Å². The number of carbonyl (C=O) groups excluding carboxylic acids is 2. The van der Waals surface area contributed by atoms with Gasteiger partial charge < -0.3 is 9.80 Å². The highest BCUT2D eigenvalue weighted by Gasteiger charge is 2.48. The van der Waals surface area contributed by atoms with Crippen molar-refractivity contribution >= 4 is 35.0 Å². The van der Waals surface area contributed by atoms with Crippen molar-refractivity contribution in [2.45, 2.75) is 56.3 Å². The maximum absolute atomic E-state index is 14.1. The molecule has 5 rings (SSSR count). The molecule has 1 heterocycles. The van der Waals surface area contributed by atoms with Crippen LogP contribution >= 0.6 is 23.2 Å². The molecule has 1 saturated carbocycles. The minimum absolute atomic E-state index is 0.0284. The molecule has 2 amide bonds. The van der Waals surface area contributed by atoms with E-state index in [0.717, 1.165) is 31.2 Å². The van der Waals surface area contributed by atoms with Crippen molar-refractivity contribution in [2.24, 2.45) is 0 Å². The van der Waals surface area contributed by atoms with Gasteiger partial charge in [-0.05, 0) is 74.7 Å². The molecule has 0 bridgehead atoms. The molecular weight excluding hydrogens is 533 g/mol. The monoisotopic (exact) mass is 565 g/mol. The van der Waals surface area contributed by atoms with Crippen LogP contribution in [0.15, 0.2) is 72.8 Å². The summed E-state index contributed by atoms with van der Waals surface area (Å²) in [6, 6.07) is 22.1. The molecule has 3 aromatic carbocycles. The van der Waals surface area contributed by atoms with Gasteiger partial charge in [0.1, 0.15) is 0 Å². The van der Waals surface area contributed by atoms with Crippen LogP contribution in [0, 0.1) is 0 Å². The van der Waals surface area contributed by atoms with Gasteiger partial charge in [-0.1, -0.05) is 77.8 Å². The molecule has 2 aliphatic rings. The lowest BCUT2D eigenvalue weighted by Crippen LogP contribution is -2.53. The predicted octanol–water partition coefficient (Wildman–Crippen LogP) is 6.39. The molecule has 39 heavy (non-hydrogen) atoms. The molecule has 2 atom stereocenters. The lowest BCUT2D eigenvalue weighted by atomic mass is 9.77. The predicted molar refractivity (Wildman–Crippen MR) is 154 cm³/mol. The van der Waals surface area contributed by atoms with Gasteiger partial charge >= 0.3 is 0 Å². The highest BCUT2D eigenvalue weighted by Crippen LogP contribution is 2.47. The third kappa shape index (κ3) is 5.85. The molecule has 204 valence electrons. The lowest BCUT2D eigenvalue weighted by Gasteiger charge is -2.48. The largest absolute Gasteiger partial charge is 0.327 e. The zero-order chi connectivity index (χ0) is 27.5. The van der Waals surface area contributed by atoms with Crippen molar-refractivity contribution in [1.82, 2.24) is 15.3 Å². The van der Waals surface area contributed by atoms with Gasteiger partial charge in [0.25, 0.3) is 11.8 Å². The third-order valence-electron chi connectivity index (χ3n) is 7.98. The van der Waals surface area contributed by atoms with Crippen molar-refractivity contribution in [3.63, 3.8) is 0 Å². The smallest absolute Gasteiger partial charge is 0.254 e. The van der Waals surface area contributed by atoms with E-state index in [1.165, 1.54) is 0 Å². The number of hydroxylamine groups is 1. The van der Waals surface area contributed by atoms with E-state index in [9.17, 15) is 9.59 Å². The fraction of sp³-hybridized carbons (Fsp3) is 0.355. The van der Waals surface area contributed by atoms with Crippen molar-refractivity contribution < 1.29 is 14.4 Å². The lowest BCUT2D eigenvalue weighted by molar-refractivity contribution is -0.138. The quantitative estimate of drug-likeness (QED) is 0.337. The van der Waals surface area contributed by atoms with Crippen LogP contribution < -0.4 is 5.48 Å². The van der Waals surface area contributed by atoms with Crippen LogP contribution in [0.25, 0.3) is 0 Å². The van der Waals surface area contributed by atoms with Gasteiger partial charge in [0.2, 0.25) is 0 Å². The summed E-state index contributed by atoms with van der Waals surface area (Å²) in [7, 11) is 4.19. The first kappa shape index (κ1) is 27.7.